The molecule has 1 aromatic heterocycles. The van der Waals surface area contributed by atoms with Crippen LogP contribution in [0.5, 0.6) is 0 Å². The van der Waals surface area contributed by atoms with Crippen LogP contribution in [0.1, 0.15) is 32.6 Å². The molecule has 0 unspecified atom stereocenters. The van der Waals surface area contributed by atoms with Gasteiger partial charge in [-0.2, -0.15) is 0 Å². The molecule has 144 valence electrons. The van der Waals surface area contributed by atoms with Crippen LogP contribution in [-0.4, -0.2) is 25.1 Å². The average Bonchev–Trinajstić information content (AvgIpc) is 3.09. The maximum absolute atomic E-state index is 12.4. The van der Waals surface area contributed by atoms with E-state index in [-0.39, 0.29) is 10.7 Å². The first kappa shape index (κ1) is 19.9. The van der Waals surface area contributed by atoms with Crippen molar-refractivity contribution in [1.29, 1.82) is 0 Å². The third-order valence-electron chi connectivity index (χ3n) is 3.89. The van der Waals surface area contributed by atoms with Gasteiger partial charge in [0, 0.05) is 11.1 Å². The fraction of sp³-hybridized carbons (Fsp3) is 0.105. The summed E-state index contributed by atoms with van der Waals surface area (Å²) in [5.74, 6) is -0.763. The molecule has 28 heavy (non-hydrogen) atoms. The van der Waals surface area contributed by atoms with Crippen molar-refractivity contribution < 1.29 is 18.0 Å². The molecule has 0 saturated heterocycles. The van der Waals surface area contributed by atoms with E-state index in [0.29, 0.717) is 21.1 Å². The van der Waals surface area contributed by atoms with Gasteiger partial charge < -0.3 is 0 Å². The number of sulfonamides is 1. The van der Waals surface area contributed by atoms with E-state index in [9.17, 15) is 18.0 Å². The molecular formula is C19H17N3O4S2. The van der Waals surface area contributed by atoms with Gasteiger partial charge in [0.05, 0.1) is 10.6 Å². The maximum atomic E-state index is 12.4. The van der Waals surface area contributed by atoms with Gasteiger partial charge in [-0.15, -0.1) is 16.2 Å². The highest BCUT2D eigenvalue weighted by Gasteiger charge is 2.20. The molecule has 0 fully saturated rings. The monoisotopic (exact) mass is 415 g/mol. The largest absolute Gasteiger partial charge is 0.295 e. The predicted octanol–water partition coefficient (Wildman–Crippen LogP) is 2.94. The van der Waals surface area contributed by atoms with E-state index in [0.717, 1.165) is 5.56 Å². The molecule has 7 nitrogen and oxygen atoms in total. The van der Waals surface area contributed by atoms with E-state index in [2.05, 4.69) is 15.2 Å². The number of rotatable bonds is 6. The number of thiazole rings is 1. The Balaban J connectivity index is 1.73. The number of amides is 1. The van der Waals surface area contributed by atoms with Crippen molar-refractivity contribution in [2.24, 2.45) is 0 Å². The lowest BCUT2D eigenvalue weighted by Crippen LogP contribution is -2.41. The fourth-order valence-electron chi connectivity index (χ4n) is 2.41. The van der Waals surface area contributed by atoms with Crippen molar-refractivity contribution >= 4 is 33.1 Å². The molecule has 9 heteroatoms. The van der Waals surface area contributed by atoms with Crippen LogP contribution in [0.2, 0.25) is 0 Å². The second-order valence-corrected chi connectivity index (χ2v) is 8.62. The Morgan fingerprint density at radius 2 is 1.64 bits per heavy atom. The highest BCUT2D eigenvalue weighted by atomic mass is 32.2. The molecular weight excluding hydrogens is 398 g/mol. The molecule has 0 saturated carbocycles. The van der Waals surface area contributed by atoms with E-state index in [1.54, 1.807) is 6.92 Å². The molecule has 1 amide bonds. The fourth-order valence-corrected chi connectivity index (χ4v) is 4.22. The first-order valence-electron chi connectivity index (χ1n) is 8.24. The average molecular weight is 415 g/mol. The zero-order valence-corrected chi connectivity index (χ0v) is 16.7. The molecule has 2 aromatic carbocycles. The third kappa shape index (κ3) is 4.33. The number of aryl methyl sites for hydroxylation is 1. The number of nitrogens with one attached hydrogen (secondary N) is 2. The molecule has 0 radical (unpaired) electrons. The van der Waals surface area contributed by atoms with Crippen LogP contribution in [-0.2, 0) is 10.0 Å². The van der Waals surface area contributed by atoms with Crippen LogP contribution in [0.15, 0.2) is 59.5 Å². The number of hydrazine groups is 1. The van der Waals surface area contributed by atoms with Gasteiger partial charge in [-0.25, -0.2) is 13.4 Å². The van der Waals surface area contributed by atoms with Crippen LogP contribution in [0.3, 0.4) is 0 Å². The van der Waals surface area contributed by atoms with E-state index in [1.165, 1.54) is 42.5 Å². The smallest absolute Gasteiger partial charge is 0.278 e. The number of benzene rings is 2. The Bertz CT molecular complexity index is 1120. The summed E-state index contributed by atoms with van der Waals surface area (Å²) < 4.78 is 24.7. The van der Waals surface area contributed by atoms with Gasteiger partial charge >= 0.3 is 0 Å². The number of ketones is 1. The summed E-state index contributed by atoms with van der Waals surface area (Å²) in [5, 5.41) is 0.672. The number of carbonyl (C=O) groups excluding carboxylic acids is 2. The second kappa shape index (κ2) is 8.01. The Labute approximate surface area is 166 Å². The zero-order valence-electron chi connectivity index (χ0n) is 15.1. The number of hydrogen-bond acceptors (Lipinski definition) is 6. The number of hydrogen-bond donors (Lipinski definition) is 2. The SMILES string of the molecule is CC(=O)c1ccc(S(=O)(=O)NNC(=O)c2sc(-c3ccccc3)nc2C)cc1. The Morgan fingerprint density at radius 3 is 2.25 bits per heavy atom. The summed E-state index contributed by atoms with van der Waals surface area (Å²) in [4.78, 5) is 30.4. The molecule has 3 rings (SSSR count). The topological polar surface area (TPSA) is 105 Å². The van der Waals surface area contributed by atoms with Gasteiger partial charge in [0.1, 0.15) is 9.88 Å². The van der Waals surface area contributed by atoms with Gasteiger partial charge in [-0.3, -0.25) is 15.0 Å². The van der Waals surface area contributed by atoms with Gasteiger partial charge in [0.2, 0.25) is 0 Å². The number of Topliss-reactive ketones (excluding diaryl/α,β-unsaturated/α-hetero) is 1. The highest BCUT2D eigenvalue weighted by molar-refractivity contribution is 7.89. The van der Waals surface area contributed by atoms with E-state index >= 15 is 0 Å². The first-order chi connectivity index (χ1) is 13.3. The summed E-state index contributed by atoms with van der Waals surface area (Å²) in [7, 11) is -3.97. The standard InChI is InChI=1S/C19H17N3O4S2/c1-12-17(27-19(20-12)15-6-4-3-5-7-15)18(24)21-22-28(25,26)16-10-8-14(9-11-16)13(2)23/h3-11,22H,1-2H3,(H,21,24). The van der Waals surface area contributed by atoms with Gasteiger partial charge in [-0.1, -0.05) is 42.5 Å². The number of aromatic nitrogens is 1. The molecule has 0 aliphatic heterocycles. The van der Waals surface area contributed by atoms with Crippen LogP contribution in [0.4, 0.5) is 0 Å². The molecule has 0 bridgehead atoms. The van der Waals surface area contributed by atoms with Gasteiger partial charge in [0.25, 0.3) is 15.9 Å². The Kier molecular flexibility index (Phi) is 5.68. The molecule has 0 spiro atoms. The van der Waals surface area contributed by atoms with Crippen molar-refractivity contribution in [3.8, 4) is 10.6 Å². The van der Waals surface area contributed by atoms with Crippen molar-refractivity contribution in [2.45, 2.75) is 18.7 Å². The molecule has 0 aliphatic rings. The lowest BCUT2D eigenvalue weighted by atomic mass is 10.2. The summed E-state index contributed by atoms with van der Waals surface area (Å²) in [6.45, 7) is 3.08. The van der Waals surface area contributed by atoms with Crippen molar-refractivity contribution in [3.63, 3.8) is 0 Å². The lowest BCUT2D eigenvalue weighted by molar-refractivity contribution is 0.0947. The van der Waals surface area contributed by atoms with E-state index in [4.69, 9.17) is 0 Å². The molecule has 3 aromatic rings. The van der Waals surface area contributed by atoms with Gasteiger partial charge in [0.15, 0.2) is 5.78 Å². The second-order valence-electron chi connectivity index (χ2n) is 5.94. The van der Waals surface area contributed by atoms with E-state index < -0.39 is 15.9 Å². The van der Waals surface area contributed by atoms with Crippen molar-refractivity contribution in [3.05, 3.63) is 70.7 Å². The summed E-state index contributed by atoms with van der Waals surface area (Å²) in [5.41, 5.74) is 3.99. The van der Waals surface area contributed by atoms with Crippen LogP contribution < -0.4 is 10.3 Å². The lowest BCUT2D eigenvalue weighted by Gasteiger charge is -2.08. The molecule has 0 aliphatic carbocycles. The number of carbonyl (C=O) groups is 2. The quantitative estimate of drug-likeness (QED) is 0.476. The summed E-state index contributed by atoms with van der Waals surface area (Å²) >= 11 is 1.18. The normalized spacial score (nSPS) is 11.2. The van der Waals surface area contributed by atoms with Crippen molar-refractivity contribution in [2.75, 3.05) is 0 Å². The summed E-state index contributed by atoms with van der Waals surface area (Å²) in [6.07, 6.45) is 0. The van der Waals surface area contributed by atoms with Crippen molar-refractivity contribution in [1.82, 2.24) is 15.2 Å². The van der Waals surface area contributed by atoms with Gasteiger partial charge in [-0.05, 0) is 26.0 Å². The van der Waals surface area contributed by atoms with E-state index in [1.807, 2.05) is 30.3 Å². The molecule has 2 N–H and O–H groups in total. The minimum absolute atomic E-state index is 0.0659. The first-order valence-corrected chi connectivity index (χ1v) is 10.5. The van der Waals surface area contributed by atoms with Crippen LogP contribution >= 0.6 is 11.3 Å². The molecule has 1 heterocycles. The van der Waals surface area contributed by atoms with Crippen LogP contribution in [0.25, 0.3) is 10.6 Å². The highest BCUT2D eigenvalue weighted by Crippen LogP contribution is 2.27. The number of nitrogens with zero attached hydrogens (tertiary/aromatic N) is 1. The maximum Gasteiger partial charge on any atom is 0.278 e. The Morgan fingerprint density at radius 1 is 1.00 bits per heavy atom. The summed E-state index contributed by atoms with van der Waals surface area (Å²) in [6, 6.07) is 14.8. The zero-order chi connectivity index (χ0) is 20.3. The third-order valence-corrected chi connectivity index (χ3v) is 6.36. The minimum atomic E-state index is -3.97. The molecule has 0 atom stereocenters. The predicted molar refractivity (Wildman–Crippen MR) is 107 cm³/mol. The van der Waals surface area contributed by atoms with Crippen LogP contribution in [0, 0.1) is 6.92 Å². The minimum Gasteiger partial charge on any atom is -0.295 e. The Hall–Kier alpha value is -2.88.